The molecule has 100 valence electrons. The van der Waals surface area contributed by atoms with Crippen LogP contribution in [0.15, 0.2) is 16.7 Å². The summed E-state index contributed by atoms with van der Waals surface area (Å²) in [7, 11) is 1.60. The molecular formula is C16H18O3. The molecule has 1 aromatic heterocycles. The van der Waals surface area contributed by atoms with E-state index in [-0.39, 0.29) is 11.7 Å². The summed E-state index contributed by atoms with van der Waals surface area (Å²) >= 11 is 0. The third-order valence-corrected chi connectivity index (χ3v) is 4.18. The Morgan fingerprint density at radius 1 is 1.32 bits per heavy atom. The topological polar surface area (TPSA) is 39.4 Å². The van der Waals surface area contributed by atoms with E-state index in [1.54, 1.807) is 13.4 Å². The summed E-state index contributed by atoms with van der Waals surface area (Å²) in [5.74, 6) is 1.19. The lowest BCUT2D eigenvalue weighted by Gasteiger charge is -2.27. The Morgan fingerprint density at radius 2 is 2.05 bits per heavy atom. The maximum Gasteiger partial charge on any atom is 0.176 e. The molecule has 3 rings (SSSR count). The highest BCUT2D eigenvalue weighted by atomic mass is 16.5. The van der Waals surface area contributed by atoms with E-state index in [0.29, 0.717) is 17.3 Å². The number of methoxy groups -OCH3 is 1. The summed E-state index contributed by atoms with van der Waals surface area (Å²) in [5.41, 5.74) is 3.58. The summed E-state index contributed by atoms with van der Waals surface area (Å²) in [4.78, 5) is 12.5. The van der Waals surface area contributed by atoms with Gasteiger partial charge in [-0.25, -0.2) is 0 Å². The zero-order valence-corrected chi connectivity index (χ0v) is 11.7. The molecule has 3 nitrogen and oxygen atoms in total. The zero-order valence-electron chi connectivity index (χ0n) is 11.7. The van der Waals surface area contributed by atoms with Crippen molar-refractivity contribution in [1.29, 1.82) is 0 Å². The smallest absolute Gasteiger partial charge is 0.176 e. The highest BCUT2D eigenvalue weighted by Crippen LogP contribution is 2.44. The molecule has 3 heteroatoms. The average molecular weight is 258 g/mol. The molecule has 1 aromatic carbocycles. The minimum atomic E-state index is 0.0462. The fraction of sp³-hybridized carbons (Fsp3) is 0.438. The van der Waals surface area contributed by atoms with Gasteiger partial charge in [0.05, 0.1) is 18.9 Å². The normalized spacial score (nSPS) is 22.6. The molecule has 2 aromatic rings. The van der Waals surface area contributed by atoms with Crippen LogP contribution >= 0.6 is 0 Å². The van der Waals surface area contributed by atoms with E-state index < -0.39 is 0 Å². The van der Waals surface area contributed by atoms with Gasteiger partial charge in [-0.3, -0.25) is 4.79 Å². The lowest BCUT2D eigenvalue weighted by molar-refractivity contribution is 0.0903. The maximum atomic E-state index is 12.5. The van der Waals surface area contributed by atoms with Crippen LogP contribution in [0, 0.1) is 12.8 Å². The predicted molar refractivity (Wildman–Crippen MR) is 74.0 cm³/mol. The van der Waals surface area contributed by atoms with Crippen molar-refractivity contribution < 1.29 is 13.9 Å². The Hall–Kier alpha value is -1.77. The third-order valence-electron chi connectivity index (χ3n) is 4.18. The van der Waals surface area contributed by atoms with Crippen LogP contribution in [0.1, 0.15) is 47.7 Å². The number of fused-ring (bicyclic) bond motifs is 2. The van der Waals surface area contributed by atoms with Crippen molar-refractivity contribution in [3.8, 4) is 5.75 Å². The van der Waals surface area contributed by atoms with Crippen LogP contribution in [-0.2, 0) is 0 Å². The van der Waals surface area contributed by atoms with Gasteiger partial charge in [-0.15, -0.1) is 0 Å². The van der Waals surface area contributed by atoms with E-state index in [1.165, 1.54) is 0 Å². The fourth-order valence-electron chi connectivity index (χ4n) is 3.13. The van der Waals surface area contributed by atoms with Crippen LogP contribution in [-0.4, -0.2) is 12.9 Å². The lowest BCUT2D eigenvalue weighted by Crippen LogP contribution is -2.23. The Morgan fingerprint density at radius 3 is 2.74 bits per heavy atom. The number of hydrogen-bond donors (Lipinski definition) is 0. The molecule has 0 bridgehead atoms. The van der Waals surface area contributed by atoms with Crippen LogP contribution in [0.25, 0.3) is 11.0 Å². The molecule has 0 fully saturated rings. The highest BCUT2D eigenvalue weighted by Gasteiger charge is 2.33. The quantitative estimate of drug-likeness (QED) is 0.773. The zero-order chi connectivity index (χ0) is 13.7. The van der Waals surface area contributed by atoms with E-state index in [0.717, 1.165) is 28.5 Å². The van der Waals surface area contributed by atoms with Crippen molar-refractivity contribution in [3.05, 3.63) is 29.0 Å². The lowest BCUT2D eigenvalue weighted by atomic mass is 9.76. The summed E-state index contributed by atoms with van der Waals surface area (Å²) in [5, 5.41) is 1.05. The van der Waals surface area contributed by atoms with E-state index in [4.69, 9.17) is 9.15 Å². The minimum Gasteiger partial charge on any atom is -0.492 e. The predicted octanol–water partition coefficient (Wildman–Crippen LogP) is 4.08. The van der Waals surface area contributed by atoms with Crippen molar-refractivity contribution in [2.45, 2.75) is 33.1 Å². The van der Waals surface area contributed by atoms with Crippen molar-refractivity contribution in [2.24, 2.45) is 5.92 Å². The molecule has 19 heavy (non-hydrogen) atoms. The number of carbonyl (C=O) groups is 1. The Labute approximate surface area is 112 Å². The molecule has 2 atom stereocenters. The number of Topliss-reactive ketones (excluding diaryl/α,β-unsaturated/α-hetero) is 1. The second-order valence-electron chi connectivity index (χ2n) is 5.57. The number of hydrogen-bond acceptors (Lipinski definition) is 3. The molecule has 0 saturated carbocycles. The maximum absolute atomic E-state index is 12.5. The van der Waals surface area contributed by atoms with Crippen molar-refractivity contribution in [2.75, 3.05) is 7.11 Å². The number of furan rings is 1. The number of benzene rings is 1. The van der Waals surface area contributed by atoms with Gasteiger partial charge in [-0.2, -0.15) is 0 Å². The monoisotopic (exact) mass is 258 g/mol. The summed E-state index contributed by atoms with van der Waals surface area (Å²) in [6.45, 7) is 6.16. The summed E-state index contributed by atoms with van der Waals surface area (Å²) in [6, 6.07) is 2.10. The molecule has 1 aliphatic carbocycles. The van der Waals surface area contributed by atoms with Crippen molar-refractivity contribution >= 4 is 16.8 Å². The average Bonchev–Trinajstić information content (AvgIpc) is 2.75. The van der Waals surface area contributed by atoms with E-state index >= 15 is 0 Å². The minimum absolute atomic E-state index is 0.0462. The van der Waals surface area contributed by atoms with Crippen molar-refractivity contribution in [1.82, 2.24) is 0 Å². The Bertz CT molecular complexity index is 666. The molecule has 1 aliphatic rings. The first-order valence-corrected chi connectivity index (χ1v) is 6.67. The van der Waals surface area contributed by atoms with Gasteiger partial charge in [0.1, 0.15) is 0 Å². The summed E-state index contributed by atoms with van der Waals surface area (Å²) < 4.78 is 11.1. The Kier molecular flexibility index (Phi) is 2.66. The van der Waals surface area contributed by atoms with Crippen LogP contribution < -0.4 is 4.74 Å². The van der Waals surface area contributed by atoms with Gasteiger partial charge in [-0.1, -0.05) is 13.8 Å². The van der Waals surface area contributed by atoms with Gasteiger partial charge in [0.2, 0.25) is 0 Å². The molecule has 0 N–H and O–H groups in total. The standard InChI is InChI=1S/C16H18O3/c1-8-5-9(2)14(17)13-11(8)6-12-10(3)7-19-15(12)16(13)18-4/h6-9H,5H2,1-4H3. The van der Waals surface area contributed by atoms with Crippen LogP contribution in [0.5, 0.6) is 5.75 Å². The molecule has 1 heterocycles. The first-order chi connectivity index (χ1) is 9.04. The number of rotatable bonds is 1. The van der Waals surface area contributed by atoms with Gasteiger partial charge in [0.15, 0.2) is 17.1 Å². The van der Waals surface area contributed by atoms with Crippen LogP contribution in [0.4, 0.5) is 0 Å². The number of aryl methyl sites for hydroxylation is 1. The van der Waals surface area contributed by atoms with Gasteiger partial charge >= 0.3 is 0 Å². The number of carbonyl (C=O) groups excluding carboxylic acids is 1. The SMILES string of the molecule is COc1c2c(cc3c(C)coc13)C(C)CC(C)C2=O. The molecule has 0 saturated heterocycles. The van der Waals surface area contributed by atoms with E-state index in [9.17, 15) is 4.79 Å². The number of ketones is 1. The van der Waals surface area contributed by atoms with Gasteiger partial charge < -0.3 is 9.15 Å². The van der Waals surface area contributed by atoms with Gasteiger partial charge in [0, 0.05) is 11.3 Å². The Balaban J connectivity index is 2.41. The third kappa shape index (κ3) is 1.61. The van der Waals surface area contributed by atoms with Gasteiger partial charge in [-0.05, 0) is 36.5 Å². The number of ether oxygens (including phenoxy) is 1. The van der Waals surface area contributed by atoms with E-state index in [1.807, 2.05) is 13.8 Å². The van der Waals surface area contributed by atoms with Crippen LogP contribution in [0.2, 0.25) is 0 Å². The molecule has 0 amide bonds. The van der Waals surface area contributed by atoms with E-state index in [2.05, 4.69) is 13.0 Å². The molecule has 0 spiro atoms. The molecule has 2 unspecified atom stereocenters. The first kappa shape index (κ1) is 12.3. The fourth-order valence-corrected chi connectivity index (χ4v) is 3.13. The largest absolute Gasteiger partial charge is 0.492 e. The molecule has 0 aliphatic heterocycles. The van der Waals surface area contributed by atoms with Crippen LogP contribution in [0.3, 0.4) is 0 Å². The first-order valence-electron chi connectivity index (χ1n) is 6.67. The summed E-state index contributed by atoms with van der Waals surface area (Å²) in [6.07, 6.45) is 2.62. The molecular weight excluding hydrogens is 240 g/mol. The second-order valence-corrected chi connectivity index (χ2v) is 5.57. The molecule has 0 radical (unpaired) electrons. The van der Waals surface area contributed by atoms with Gasteiger partial charge in [0.25, 0.3) is 0 Å². The highest BCUT2D eigenvalue weighted by molar-refractivity contribution is 6.07. The second kappa shape index (κ2) is 4.12. The van der Waals surface area contributed by atoms with Crippen molar-refractivity contribution in [3.63, 3.8) is 0 Å².